The summed E-state index contributed by atoms with van der Waals surface area (Å²) in [6.45, 7) is 5.84. The molecule has 3 aromatic heterocycles. The highest BCUT2D eigenvalue weighted by atomic mass is 32.1. The summed E-state index contributed by atoms with van der Waals surface area (Å²) in [5.74, 6) is -0.523. The number of benzene rings is 1. The van der Waals surface area contributed by atoms with Gasteiger partial charge in [-0.05, 0) is 30.0 Å². The number of anilines is 1. The van der Waals surface area contributed by atoms with E-state index in [1.54, 1.807) is 0 Å². The molecule has 0 saturated carbocycles. The number of esters is 1. The lowest BCUT2D eigenvalue weighted by molar-refractivity contribution is 0.0468. The van der Waals surface area contributed by atoms with E-state index in [2.05, 4.69) is 37.5 Å². The van der Waals surface area contributed by atoms with Crippen molar-refractivity contribution in [2.45, 2.75) is 39.7 Å². The summed E-state index contributed by atoms with van der Waals surface area (Å²) in [6, 6.07) is 7.59. The van der Waals surface area contributed by atoms with E-state index in [1.165, 1.54) is 22.6 Å². The lowest BCUT2D eigenvalue weighted by Gasteiger charge is -2.12. The number of carbonyl (C=O) groups excluding carboxylic acids is 2. The van der Waals surface area contributed by atoms with Crippen LogP contribution in [0.2, 0.25) is 0 Å². The van der Waals surface area contributed by atoms with E-state index >= 15 is 0 Å². The van der Waals surface area contributed by atoms with Crippen molar-refractivity contribution < 1.29 is 14.3 Å². The molecule has 0 bridgehead atoms. The fourth-order valence-electron chi connectivity index (χ4n) is 3.13. The minimum atomic E-state index is -0.559. The molecule has 4 rings (SSSR count). The van der Waals surface area contributed by atoms with Crippen molar-refractivity contribution in [3.63, 3.8) is 0 Å². The van der Waals surface area contributed by atoms with E-state index in [0.29, 0.717) is 27.7 Å². The summed E-state index contributed by atoms with van der Waals surface area (Å²) in [7, 11) is 0. The first-order valence-corrected chi connectivity index (χ1v) is 10.9. The van der Waals surface area contributed by atoms with Crippen molar-refractivity contribution >= 4 is 34.7 Å². The zero-order chi connectivity index (χ0) is 22.7. The number of fused-ring (bicyclic) bond motifs is 1. The van der Waals surface area contributed by atoms with Crippen LogP contribution in [0.15, 0.2) is 36.8 Å². The van der Waals surface area contributed by atoms with Gasteiger partial charge in [-0.15, -0.1) is 10.2 Å². The minimum absolute atomic E-state index is 0.00651. The predicted octanol–water partition coefficient (Wildman–Crippen LogP) is 3.27. The van der Waals surface area contributed by atoms with Gasteiger partial charge in [-0.3, -0.25) is 4.79 Å². The fraction of sp³-hybridized carbons (Fsp3) is 0.286. The number of aromatic nitrogens is 6. The average molecular weight is 452 g/mol. The van der Waals surface area contributed by atoms with Crippen LogP contribution < -0.4 is 5.32 Å². The molecule has 10 nitrogen and oxygen atoms in total. The second kappa shape index (κ2) is 9.18. The number of nitrogens with zero attached hydrogens (tertiary/aromatic N) is 6. The number of carbonyl (C=O) groups is 2. The Bertz CT molecular complexity index is 1260. The zero-order valence-corrected chi connectivity index (χ0v) is 18.6. The lowest BCUT2D eigenvalue weighted by atomic mass is 10.1. The maximum atomic E-state index is 12.7. The molecule has 0 spiro atoms. The summed E-state index contributed by atoms with van der Waals surface area (Å²) in [4.78, 5) is 33.3. The molecule has 3 heterocycles. The number of ether oxygens (including phenoxy) is 1. The van der Waals surface area contributed by atoms with Crippen LogP contribution in [0.25, 0.3) is 5.78 Å². The lowest BCUT2D eigenvalue weighted by Crippen LogP contribution is -2.14. The number of rotatable bonds is 7. The quantitative estimate of drug-likeness (QED) is 0.425. The minimum Gasteiger partial charge on any atom is -0.455 e. The Morgan fingerprint density at radius 2 is 1.94 bits per heavy atom. The van der Waals surface area contributed by atoms with Gasteiger partial charge in [-0.1, -0.05) is 44.2 Å². The fourth-order valence-corrected chi connectivity index (χ4v) is 3.77. The first-order chi connectivity index (χ1) is 15.5. The summed E-state index contributed by atoms with van der Waals surface area (Å²) in [5.41, 5.74) is 2.81. The van der Waals surface area contributed by atoms with Crippen LogP contribution in [0.3, 0.4) is 0 Å². The second-order valence-electron chi connectivity index (χ2n) is 7.27. The second-order valence-corrected chi connectivity index (χ2v) is 8.33. The number of aryl methyl sites for hydroxylation is 1. The van der Waals surface area contributed by atoms with Gasteiger partial charge in [0.25, 0.3) is 11.7 Å². The normalized spacial score (nSPS) is 11.1. The number of hydrogen-bond acceptors (Lipinski definition) is 9. The SMILES string of the molecule is CCc1ccc(NC(=O)c2nnc(COC(=O)c3cnc4ncnn4c3C(C)C)s2)cc1. The van der Waals surface area contributed by atoms with E-state index in [-0.39, 0.29) is 23.4 Å². The Hall–Kier alpha value is -3.73. The summed E-state index contributed by atoms with van der Waals surface area (Å²) in [6.07, 6.45) is 3.74. The Morgan fingerprint density at radius 1 is 1.16 bits per heavy atom. The summed E-state index contributed by atoms with van der Waals surface area (Å²) in [5, 5.41) is 15.4. The van der Waals surface area contributed by atoms with Crippen LogP contribution in [-0.4, -0.2) is 41.7 Å². The third-order valence-electron chi connectivity index (χ3n) is 4.72. The van der Waals surface area contributed by atoms with Crippen LogP contribution in [0.4, 0.5) is 5.69 Å². The Morgan fingerprint density at radius 3 is 2.66 bits per heavy atom. The maximum absolute atomic E-state index is 12.7. The first kappa shape index (κ1) is 21.5. The largest absolute Gasteiger partial charge is 0.455 e. The molecular formula is C21H21N7O3S. The van der Waals surface area contributed by atoms with Gasteiger partial charge >= 0.3 is 5.97 Å². The van der Waals surface area contributed by atoms with Gasteiger partial charge in [-0.2, -0.15) is 10.1 Å². The molecule has 164 valence electrons. The van der Waals surface area contributed by atoms with Crippen molar-refractivity contribution in [3.8, 4) is 0 Å². The van der Waals surface area contributed by atoms with Crippen LogP contribution in [-0.2, 0) is 17.8 Å². The van der Waals surface area contributed by atoms with Crippen LogP contribution in [0.1, 0.15) is 63.1 Å². The van der Waals surface area contributed by atoms with Crippen LogP contribution in [0.5, 0.6) is 0 Å². The number of hydrogen-bond donors (Lipinski definition) is 1. The van der Waals surface area contributed by atoms with Gasteiger partial charge in [0, 0.05) is 11.9 Å². The molecule has 0 aliphatic heterocycles. The first-order valence-electron chi connectivity index (χ1n) is 10.0. The van der Waals surface area contributed by atoms with Crippen LogP contribution in [0, 0.1) is 0 Å². The van der Waals surface area contributed by atoms with E-state index in [1.807, 2.05) is 38.1 Å². The van der Waals surface area contributed by atoms with Gasteiger partial charge in [0.1, 0.15) is 12.9 Å². The molecule has 0 fully saturated rings. The van der Waals surface area contributed by atoms with Crippen molar-refractivity contribution in [1.29, 1.82) is 0 Å². The molecule has 1 amide bonds. The number of nitrogens with one attached hydrogen (secondary N) is 1. The maximum Gasteiger partial charge on any atom is 0.342 e. The van der Waals surface area contributed by atoms with Crippen molar-refractivity contribution in [3.05, 3.63) is 63.6 Å². The van der Waals surface area contributed by atoms with E-state index in [4.69, 9.17) is 4.74 Å². The van der Waals surface area contributed by atoms with Gasteiger partial charge in [0.15, 0.2) is 5.01 Å². The van der Waals surface area contributed by atoms with Gasteiger partial charge in [0.2, 0.25) is 5.01 Å². The molecular weight excluding hydrogens is 430 g/mol. The number of amides is 1. The molecule has 0 unspecified atom stereocenters. The average Bonchev–Trinajstić information content (AvgIpc) is 3.46. The molecule has 32 heavy (non-hydrogen) atoms. The van der Waals surface area contributed by atoms with Gasteiger partial charge < -0.3 is 10.1 Å². The highest BCUT2D eigenvalue weighted by Gasteiger charge is 2.21. The molecule has 0 radical (unpaired) electrons. The van der Waals surface area contributed by atoms with Crippen molar-refractivity contribution in [1.82, 2.24) is 29.8 Å². The predicted molar refractivity (Wildman–Crippen MR) is 118 cm³/mol. The van der Waals surface area contributed by atoms with E-state index in [0.717, 1.165) is 17.8 Å². The molecule has 0 saturated heterocycles. The molecule has 4 aromatic rings. The van der Waals surface area contributed by atoms with Crippen molar-refractivity contribution in [2.75, 3.05) is 5.32 Å². The molecule has 11 heteroatoms. The van der Waals surface area contributed by atoms with E-state index in [9.17, 15) is 9.59 Å². The third kappa shape index (κ3) is 4.47. The summed E-state index contributed by atoms with van der Waals surface area (Å²) < 4.78 is 6.93. The van der Waals surface area contributed by atoms with Crippen molar-refractivity contribution in [2.24, 2.45) is 0 Å². The smallest absolute Gasteiger partial charge is 0.342 e. The third-order valence-corrected chi connectivity index (χ3v) is 5.61. The molecule has 1 aromatic carbocycles. The molecule has 0 atom stereocenters. The Kier molecular flexibility index (Phi) is 6.17. The monoisotopic (exact) mass is 451 g/mol. The Labute approximate surface area is 187 Å². The molecule has 0 aliphatic carbocycles. The Balaban J connectivity index is 1.42. The topological polar surface area (TPSA) is 124 Å². The highest BCUT2D eigenvalue weighted by molar-refractivity contribution is 7.13. The standard InChI is InChI=1S/C21H21N7O3S/c1-4-13-5-7-14(8-6-13)25-18(29)19-27-26-16(32-19)10-31-20(30)15-9-22-21-23-11-24-28(21)17(15)12(2)3/h5-9,11-12H,4,10H2,1-3H3,(H,25,29). The van der Waals surface area contributed by atoms with Crippen LogP contribution >= 0.6 is 11.3 Å². The van der Waals surface area contributed by atoms with E-state index < -0.39 is 5.97 Å². The molecule has 1 N–H and O–H groups in total. The summed E-state index contributed by atoms with van der Waals surface area (Å²) >= 11 is 1.06. The highest BCUT2D eigenvalue weighted by Crippen LogP contribution is 2.21. The van der Waals surface area contributed by atoms with Gasteiger partial charge in [0.05, 0.1) is 11.3 Å². The molecule has 0 aliphatic rings. The zero-order valence-electron chi connectivity index (χ0n) is 17.8. The van der Waals surface area contributed by atoms with Gasteiger partial charge in [-0.25, -0.2) is 14.3 Å².